The molecule has 1 unspecified atom stereocenters. The molecule has 1 aromatic heterocycles. The number of aryl methyl sites for hydroxylation is 1. The van der Waals surface area contributed by atoms with E-state index in [2.05, 4.69) is 10.2 Å². The first-order valence-corrected chi connectivity index (χ1v) is 7.14. The van der Waals surface area contributed by atoms with Crippen molar-refractivity contribution >= 4 is 11.6 Å². The summed E-state index contributed by atoms with van der Waals surface area (Å²) < 4.78 is 1.93. The van der Waals surface area contributed by atoms with Crippen LogP contribution < -0.4 is 5.73 Å². The Kier molecular flexibility index (Phi) is 3.60. The van der Waals surface area contributed by atoms with Gasteiger partial charge in [0.2, 0.25) is 0 Å². The third kappa shape index (κ3) is 2.74. The number of amides is 1. The maximum absolute atomic E-state index is 12.6. The molecule has 0 saturated carbocycles. The van der Waals surface area contributed by atoms with Crippen molar-refractivity contribution < 1.29 is 4.79 Å². The van der Waals surface area contributed by atoms with Crippen LogP contribution in [-0.4, -0.2) is 38.7 Å². The van der Waals surface area contributed by atoms with Crippen LogP contribution in [0.25, 0.3) is 0 Å². The molecule has 0 spiro atoms. The van der Waals surface area contributed by atoms with E-state index >= 15 is 0 Å². The number of nitrogen functional groups attached to an aromatic ring is 1. The average Bonchev–Trinajstić information content (AvgIpc) is 2.93. The van der Waals surface area contributed by atoms with Crippen LogP contribution >= 0.6 is 0 Å². The van der Waals surface area contributed by atoms with Crippen LogP contribution in [0.3, 0.4) is 0 Å². The number of carbonyl (C=O) groups is 1. The molecule has 1 atom stereocenters. The summed E-state index contributed by atoms with van der Waals surface area (Å²) in [7, 11) is 1.94. The minimum atomic E-state index is 0.0363. The van der Waals surface area contributed by atoms with Gasteiger partial charge in [0, 0.05) is 37.3 Å². The zero-order valence-corrected chi connectivity index (χ0v) is 12.1. The van der Waals surface area contributed by atoms with Gasteiger partial charge in [0.25, 0.3) is 5.91 Å². The molecule has 1 saturated heterocycles. The molecule has 1 aromatic carbocycles. The number of rotatable bonds is 2. The average molecular weight is 285 g/mol. The minimum Gasteiger partial charge on any atom is -0.399 e. The number of aromatic nitrogens is 3. The summed E-state index contributed by atoms with van der Waals surface area (Å²) in [5.41, 5.74) is 7.02. The zero-order chi connectivity index (χ0) is 14.8. The fourth-order valence-electron chi connectivity index (χ4n) is 2.89. The number of carbonyl (C=O) groups excluding carboxylic acids is 1. The highest BCUT2D eigenvalue weighted by molar-refractivity contribution is 5.95. The maximum atomic E-state index is 12.6. The van der Waals surface area contributed by atoms with E-state index in [1.807, 2.05) is 28.6 Å². The van der Waals surface area contributed by atoms with Gasteiger partial charge in [0.15, 0.2) is 0 Å². The quantitative estimate of drug-likeness (QED) is 0.846. The molecule has 1 aliphatic heterocycles. The number of nitrogens with zero attached hydrogens (tertiary/aromatic N) is 4. The number of hydrogen-bond acceptors (Lipinski definition) is 4. The summed E-state index contributed by atoms with van der Waals surface area (Å²) in [5.74, 6) is 1.23. The molecule has 0 bridgehead atoms. The van der Waals surface area contributed by atoms with Crippen molar-refractivity contribution in [1.29, 1.82) is 0 Å². The Morgan fingerprint density at radius 3 is 3.00 bits per heavy atom. The monoisotopic (exact) mass is 285 g/mol. The van der Waals surface area contributed by atoms with Crippen molar-refractivity contribution in [1.82, 2.24) is 19.7 Å². The van der Waals surface area contributed by atoms with Crippen LogP contribution in [0.5, 0.6) is 0 Å². The highest BCUT2D eigenvalue weighted by Gasteiger charge is 2.27. The first-order chi connectivity index (χ1) is 10.1. The van der Waals surface area contributed by atoms with E-state index < -0.39 is 0 Å². The van der Waals surface area contributed by atoms with E-state index in [4.69, 9.17) is 5.73 Å². The molecule has 6 heteroatoms. The van der Waals surface area contributed by atoms with E-state index in [1.54, 1.807) is 18.5 Å². The van der Waals surface area contributed by atoms with Crippen LogP contribution in [-0.2, 0) is 7.05 Å². The highest BCUT2D eigenvalue weighted by Crippen LogP contribution is 2.26. The lowest BCUT2D eigenvalue weighted by molar-refractivity contribution is 0.0703. The van der Waals surface area contributed by atoms with E-state index in [9.17, 15) is 4.79 Å². The number of benzene rings is 1. The summed E-state index contributed by atoms with van der Waals surface area (Å²) >= 11 is 0. The van der Waals surface area contributed by atoms with E-state index in [0.717, 1.165) is 25.2 Å². The number of nitrogens with two attached hydrogens (primary N) is 1. The predicted octanol–water partition coefficient (Wildman–Crippen LogP) is 1.42. The van der Waals surface area contributed by atoms with Crippen molar-refractivity contribution in [3.63, 3.8) is 0 Å². The summed E-state index contributed by atoms with van der Waals surface area (Å²) in [5, 5.41) is 8.10. The predicted molar refractivity (Wildman–Crippen MR) is 79.7 cm³/mol. The fraction of sp³-hybridized carbons (Fsp3) is 0.400. The van der Waals surface area contributed by atoms with Crippen LogP contribution in [0, 0.1) is 0 Å². The summed E-state index contributed by atoms with van der Waals surface area (Å²) in [6, 6.07) is 7.14. The van der Waals surface area contributed by atoms with Gasteiger partial charge in [-0.15, -0.1) is 10.2 Å². The second-order valence-electron chi connectivity index (χ2n) is 5.52. The summed E-state index contributed by atoms with van der Waals surface area (Å²) in [6.45, 7) is 1.46. The topological polar surface area (TPSA) is 77.0 Å². The molecule has 3 rings (SSSR count). The normalized spacial score (nSPS) is 18.7. The lowest BCUT2D eigenvalue weighted by atomic mass is 9.96. The Labute approximate surface area is 123 Å². The molecule has 6 nitrogen and oxygen atoms in total. The molecule has 1 fully saturated rings. The van der Waals surface area contributed by atoms with Gasteiger partial charge in [-0.2, -0.15) is 0 Å². The summed E-state index contributed by atoms with van der Waals surface area (Å²) in [4.78, 5) is 14.5. The number of anilines is 1. The van der Waals surface area contributed by atoms with Crippen molar-refractivity contribution in [2.24, 2.45) is 7.05 Å². The van der Waals surface area contributed by atoms with Crippen LogP contribution in [0.1, 0.15) is 34.9 Å². The smallest absolute Gasteiger partial charge is 0.253 e. The molecule has 110 valence electrons. The largest absolute Gasteiger partial charge is 0.399 e. The van der Waals surface area contributed by atoms with E-state index in [1.165, 1.54) is 0 Å². The van der Waals surface area contributed by atoms with E-state index in [-0.39, 0.29) is 11.8 Å². The zero-order valence-electron chi connectivity index (χ0n) is 12.1. The Balaban J connectivity index is 1.77. The first kappa shape index (κ1) is 13.6. The Morgan fingerprint density at radius 2 is 2.29 bits per heavy atom. The third-order valence-corrected chi connectivity index (χ3v) is 3.95. The SMILES string of the molecule is Cn1cnnc1C1CCCN(C(=O)c2cccc(N)c2)C1. The molecule has 2 N–H and O–H groups in total. The van der Waals surface area contributed by atoms with Gasteiger partial charge >= 0.3 is 0 Å². The van der Waals surface area contributed by atoms with Gasteiger partial charge in [-0.1, -0.05) is 6.07 Å². The number of piperidine rings is 1. The molecule has 1 amide bonds. The van der Waals surface area contributed by atoms with Crippen molar-refractivity contribution in [2.75, 3.05) is 18.8 Å². The first-order valence-electron chi connectivity index (χ1n) is 7.14. The second-order valence-corrected chi connectivity index (χ2v) is 5.52. The lowest BCUT2D eigenvalue weighted by Crippen LogP contribution is -2.39. The van der Waals surface area contributed by atoms with Gasteiger partial charge in [-0.05, 0) is 31.0 Å². The number of likely N-dealkylation sites (tertiary alicyclic amines) is 1. The van der Waals surface area contributed by atoms with Crippen molar-refractivity contribution in [3.05, 3.63) is 42.0 Å². The van der Waals surface area contributed by atoms with Crippen molar-refractivity contribution in [2.45, 2.75) is 18.8 Å². The van der Waals surface area contributed by atoms with Gasteiger partial charge in [-0.25, -0.2) is 0 Å². The lowest BCUT2D eigenvalue weighted by Gasteiger charge is -2.32. The molecule has 21 heavy (non-hydrogen) atoms. The molecular weight excluding hydrogens is 266 g/mol. The maximum Gasteiger partial charge on any atom is 0.253 e. The highest BCUT2D eigenvalue weighted by atomic mass is 16.2. The van der Waals surface area contributed by atoms with Gasteiger partial charge < -0.3 is 15.2 Å². The molecular formula is C15H19N5O. The van der Waals surface area contributed by atoms with E-state index in [0.29, 0.717) is 17.8 Å². The Hall–Kier alpha value is -2.37. The standard InChI is InChI=1S/C15H19N5O/c1-19-10-17-18-14(19)12-5-3-7-20(9-12)15(21)11-4-2-6-13(16)8-11/h2,4,6,8,10,12H,3,5,7,9,16H2,1H3. The van der Waals surface area contributed by atoms with Crippen LogP contribution in [0.15, 0.2) is 30.6 Å². The molecule has 0 radical (unpaired) electrons. The molecule has 1 aliphatic rings. The summed E-state index contributed by atoms with van der Waals surface area (Å²) in [6.07, 6.45) is 3.72. The van der Waals surface area contributed by atoms with Crippen LogP contribution in [0.2, 0.25) is 0 Å². The van der Waals surface area contributed by atoms with Crippen LogP contribution in [0.4, 0.5) is 5.69 Å². The Morgan fingerprint density at radius 1 is 1.43 bits per heavy atom. The van der Waals surface area contributed by atoms with Gasteiger partial charge in [0.05, 0.1) is 0 Å². The Bertz CT molecular complexity index is 651. The third-order valence-electron chi connectivity index (χ3n) is 3.95. The minimum absolute atomic E-state index is 0.0363. The molecule has 2 heterocycles. The molecule has 2 aromatic rings. The number of hydrogen-bond donors (Lipinski definition) is 1. The van der Waals surface area contributed by atoms with Gasteiger partial charge in [-0.3, -0.25) is 4.79 Å². The molecule has 0 aliphatic carbocycles. The van der Waals surface area contributed by atoms with Gasteiger partial charge in [0.1, 0.15) is 12.2 Å². The second kappa shape index (κ2) is 5.55. The van der Waals surface area contributed by atoms with Crippen molar-refractivity contribution in [3.8, 4) is 0 Å². The fourth-order valence-corrected chi connectivity index (χ4v) is 2.89.